The normalized spacial score (nSPS) is 13.8. The first-order valence-electron chi connectivity index (χ1n) is 15.8. The van der Waals surface area contributed by atoms with Gasteiger partial charge in [-0.1, -0.05) is 49.9 Å². The zero-order chi connectivity index (χ0) is 32.9. The molecule has 0 aliphatic rings. The molecule has 0 unspecified atom stereocenters. The molecule has 0 saturated carbocycles. The minimum Gasteiger partial charge on any atom is -0.486 e. The summed E-state index contributed by atoms with van der Waals surface area (Å²) in [4.78, 5) is 13.8. The Morgan fingerprint density at radius 1 is 0.929 bits per heavy atom. The first-order chi connectivity index (χ1) is 21.7. The van der Waals surface area contributed by atoms with Gasteiger partial charge in [-0.15, -0.1) is 65.4 Å². The van der Waals surface area contributed by atoms with Gasteiger partial charge in [-0.25, -0.2) is 4.98 Å². The average Bonchev–Trinajstić information content (AvgIpc) is 3.62. The molecule has 0 aliphatic carbocycles. The van der Waals surface area contributed by atoms with Gasteiger partial charge in [0.25, 0.3) is 0 Å². The van der Waals surface area contributed by atoms with E-state index >= 15 is 0 Å². The number of thiophene rings is 1. The molecule has 0 fully saturated rings. The number of fused-ring (bicyclic) bond motifs is 4. The third-order valence-corrected chi connectivity index (χ3v) is 7.36. The molecular formula is C36H31IrN3OS-2. The number of rotatable bonds is 3. The molecule has 5 heterocycles. The van der Waals surface area contributed by atoms with Crippen LogP contribution in [-0.2, 0) is 26.5 Å². The molecule has 213 valence electrons. The van der Waals surface area contributed by atoms with Gasteiger partial charge < -0.3 is 14.4 Å². The molecule has 1 radical (unpaired) electrons. The first kappa shape index (κ1) is 23.8. The molecule has 0 saturated heterocycles. The molecule has 0 atom stereocenters. The summed E-state index contributed by atoms with van der Waals surface area (Å²) in [6.45, 7) is 5.40. The van der Waals surface area contributed by atoms with E-state index in [4.69, 9.17) is 11.3 Å². The summed E-state index contributed by atoms with van der Waals surface area (Å²) in [5.41, 5.74) is 4.74. The summed E-state index contributed by atoms with van der Waals surface area (Å²) < 4.78 is 46.9. The van der Waals surface area contributed by atoms with Crippen LogP contribution in [0.3, 0.4) is 0 Å². The van der Waals surface area contributed by atoms with Gasteiger partial charge >= 0.3 is 0 Å². The van der Waals surface area contributed by atoms with Gasteiger partial charge in [0.2, 0.25) is 5.71 Å². The van der Waals surface area contributed by atoms with Gasteiger partial charge in [-0.2, -0.15) is 0 Å². The van der Waals surface area contributed by atoms with Crippen LogP contribution in [0.5, 0.6) is 0 Å². The maximum atomic E-state index is 8.59. The monoisotopic (exact) mass is 751 g/mol. The fraction of sp³-hybridized carbons (Fsp3) is 0.194. The molecule has 0 amide bonds. The summed E-state index contributed by atoms with van der Waals surface area (Å²) in [5.74, 6) is 0. The Kier molecular flexibility index (Phi) is 6.96. The zero-order valence-electron chi connectivity index (χ0n) is 28.6. The third-order valence-electron chi connectivity index (χ3n) is 6.35. The zero-order valence-corrected chi connectivity index (χ0v) is 26.8. The number of aryl methyl sites for hydroxylation is 2. The van der Waals surface area contributed by atoms with E-state index < -0.39 is 18.6 Å². The Hall–Kier alpha value is -3.70. The van der Waals surface area contributed by atoms with Crippen molar-refractivity contribution in [1.29, 1.82) is 0 Å². The van der Waals surface area contributed by atoms with Crippen molar-refractivity contribution in [2.24, 2.45) is 5.41 Å². The summed E-state index contributed by atoms with van der Waals surface area (Å²) in [5, 5.41) is 2.42. The second kappa shape index (κ2) is 12.3. The van der Waals surface area contributed by atoms with Crippen molar-refractivity contribution < 1.29 is 31.4 Å². The van der Waals surface area contributed by atoms with Gasteiger partial charge in [0, 0.05) is 65.4 Å². The van der Waals surface area contributed by atoms with Crippen LogP contribution in [-0.4, -0.2) is 15.0 Å². The number of hydrogen-bond donors (Lipinski definition) is 0. The predicted octanol–water partition coefficient (Wildman–Crippen LogP) is 9.81. The maximum Gasteiger partial charge on any atom is 0.216 e. The van der Waals surface area contributed by atoms with Crippen LogP contribution in [0.2, 0.25) is 0 Å². The molecule has 0 bridgehead atoms. The van der Waals surface area contributed by atoms with Crippen molar-refractivity contribution in [1.82, 2.24) is 15.0 Å². The topological polar surface area (TPSA) is 51.8 Å². The van der Waals surface area contributed by atoms with E-state index in [0.29, 0.717) is 21.7 Å². The smallest absolute Gasteiger partial charge is 0.216 e. The van der Waals surface area contributed by atoms with Crippen LogP contribution >= 0.6 is 11.3 Å². The molecular weight excluding hydrogens is 715 g/mol. The fourth-order valence-corrected chi connectivity index (χ4v) is 5.67. The minimum atomic E-state index is -2.32. The molecule has 42 heavy (non-hydrogen) atoms. The van der Waals surface area contributed by atoms with E-state index in [1.807, 2.05) is 82.4 Å². The van der Waals surface area contributed by atoms with Gasteiger partial charge in [0.1, 0.15) is 0 Å². The van der Waals surface area contributed by atoms with E-state index in [-0.39, 0.29) is 31.5 Å². The number of hydrogen-bond acceptors (Lipinski definition) is 5. The van der Waals surface area contributed by atoms with Gasteiger partial charge in [-0.3, -0.25) is 0 Å². The van der Waals surface area contributed by atoms with E-state index in [9.17, 15) is 0 Å². The second-order valence-electron chi connectivity index (χ2n) is 10.8. The SMILES string of the molecule is Cc1ccc(-c2[c-]cccc2)nc1.[2H]C([2H])([2H])c1ccc2c(n1)oc1c(-c3cc4sc(C([2H])([2H])C(C)(C)C)cc4cn3)[c-]ccc12.[Ir]. The van der Waals surface area contributed by atoms with E-state index in [2.05, 4.69) is 33.2 Å². The molecule has 0 N–H and O–H groups in total. The van der Waals surface area contributed by atoms with Crippen molar-refractivity contribution in [3.63, 3.8) is 0 Å². The summed E-state index contributed by atoms with van der Waals surface area (Å²) in [7, 11) is 0. The fourth-order valence-electron chi connectivity index (χ4n) is 4.49. The molecule has 5 aromatic heterocycles. The third kappa shape index (κ3) is 6.52. The Morgan fingerprint density at radius 2 is 1.79 bits per heavy atom. The van der Waals surface area contributed by atoms with E-state index in [1.165, 1.54) is 23.0 Å². The quantitative estimate of drug-likeness (QED) is 0.169. The van der Waals surface area contributed by atoms with Gasteiger partial charge in [-0.05, 0) is 60.7 Å². The predicted molar refractivity (Wildman–Crippen MR) is 170 cm³/mol. The van der Waals surface area contributed by atoms with Crippen molar-refractivity contribution >= 4 is 43.5 Å². The molecule has 4 nitrogen and oxygen atoms in total. The number of nitrogens with zero attached hydrogens (tertiary/aromatic N) is 3. The summed E-state index contributed by atoms with van der Waals surface area (Å²) in [6, 6.07) is 28.9. The van der Waals surface area contributed by atoms with Crippen LogP contribution in [0.4, 0.5) is 0 Å². The summed E-state index contributed by atoms with van der Waals surface area (Å²) >= 11 is 1.42. The number of benzene rings is 2. The molecule has 2 aromatic carbocycles. The average molecular weight is 751 g/mol. The van der Waals surface area contributed by atoms with Gasteiger partial charge in [0.05, 0.1) is 5.58 Å². The van der Waals surface area contributed by atoms with Crippen LogP contribution < -0.4 is 0 Å². The Bertz CT molecular complexity index is 2170. The maximum absolute atomic E-state index is 8.59. The molecule has 0 aliphatic heterocycles. The van der Waals surface area contributed by atoms with E-state index in [0.717, 1.165) is 32.1 Å². The minimum absolute atomic E-state index is 0. The second-order valence-corrected chi connectivity index (χ2v) is 11.9. The van der Waals surface area contributed by atoms with E-state index in [1.54, 1.807) is 18.3 Å². The van der Waals surface area contributed by atoms with Crippen LogP contribution in [0.15, 0.2) is 89.6 Å². The van der Waals surface area contributed by atoms with Crippen LogP contribution in [0.1, 0.15) is 43.8 Å². The molecule has 6 heteroatoms. The van der Waals surface area contributed by atoms with Crippen LogP contribution in [0, 0.1) is 31.3 Å². The summed E-state index contributed by atoms with van der Waals surface area (Å²) in [6.07, 6.45) is 2.13. The number of pyridine rings is 3. The standard InChI is InChI=1S/C24H21N2OS.C12H10N.Ir/c1-14-8-9-18-17-6-5-7-19(22(17)27-23(18)26-14)20-11-21-15(13-25-20)10-16(28-21)12-24(2,3)4;1-10-7-8-12(13-9-10)11-5-3-2-4-6-11;/h5-6,8-11,13H,12H2,1-4H3;2-5,7-9H,1H3;/q2*-1;/i1D3,12D2;;. The number of aromatic nitrogens is 3. The van der Waals surface area contributed by atoms with Crippen molar-refractivity contribution in [3.8, 4) is 22.5 Å². The molecule has 7 rings (SSSR count). The Balaban J connectivity index is 0.000000260. The molecule has 0 spiro atoms. The largest absolute Gasteiger partial charge is 0.486 e. The van der Waals surface area contributed by atoms with Gasteiger partial charge in [0.15, 0.2) is 0 Å². The van der Waals surface area contributed by atoms with Crippen molar-refractivity contribution in [2.75, 3.05) is 0 Å². The first-order valence-corrected chi connectivity index (χ1v) is 14.1. The molecule has 7 aromatic rings. The van der Waals surface area contributed by atoms with Crippen molar-refractivity contribution in [3.05, 3.63) is 113 Å². The Labute approximate surface area is 271 Å². The number of furan rings is 1. The van der Waals surface area contributed by atoms with Crippen molar-refractivity contribution in [2.45, 2.75) is 40.9 Å². The Morgan fingerprint density at radius 3 is 2.52 bits per heavy atom. The van der Waals surface area contributed by atoms with Crippen LogP contribution in [0.25, 0.3) is 54.7 Å².